The van der Waals surface area contributed by atoms with E-state index in [1.165, 1.54) is 5.56 Å². The van der Waals surface area contributed by atoms with Crippen LogP contribution in [0.15, 0.2) is 52.5 Å². The Morgan fingerprint density at radius 3 is 2.81 bits per heavy atom. The molecule has 1 fully saturated rings. The number of rotatable bonds is 6. The van der Waals surface area contributed by atoms with Gasteiger partial charge in [-0.25, -0.2) is 4.98 Å². The first-order chi connectivity index (χ1) is 15.2. The maximum Gasteiger partial charge on any atom is 0.257 e. The van der Waals surface area contributed by atoms with Crippen LogP contribution in [0.25, 0.3) is 11.5 Å². The Balaban J connectivity index is 1.31. The number of benzene rings is 1. The number of piperidine rings is 1. The highest BCUT2D eigenvalue weighted by molar-refractivity contribution is 5.80. The molecule has 1 aliphatic heterocycles. The van der Waals surface area contributed by atoms with E-state index in [0.29, 0.717) is 17.9 Å². The molecule has 3 aromatic rings. The Labute approximate surface area is 183 Å². The van der Waals surface area contributed by atoms with Crippen LogP contribution in [0.5, 0.6) is 0 Å². The van der Waals surface area contributed by atoms with E-state index in [0.717, 1.165) is 56.2 Å². The zero-order chi connectivity index (χ0) is 21.6. The van der Waals surface area contributed by atoms with E-state index in [-0.39, 0.29) is 0 Å². The summed E-state index contributed by atoms with van der Waals surface area (Å²) < 4.78 is 7.54. The average molecular weight is 422 g/mol. The van der Waals surface area contributed by atoms with E-state index >= 15 is 0 Å². The minimum atomic E-state index is 0.417. The molecule has 1 aliphatic rings. The fourth-order valence-corrected chi connectivity index (χ4v) is 4.07. The summed E-state index contributed by atoms with van der Waals surface area (Å²) in [5.74, 6) is 2.90. The highest BCUT2D eigenvalue weighted by Crippen LogP contribution is 2.27. The molecule has 0 aliphatic carbocycles. The number of hydrogen-bond donors (Lipinski definition) is 1. The van der Waals surface area contributed by atoms with Crippen molar-refractivity contribution in [3.63, 3.8) is 0 Å². The molecule has 3 heterocycles. The molecule has 0 saturated carbocycles. The molecular formula is C23H31N7O. The molecule has 0 spiro atoms. The summed E-state index contributed by atoms with van der Waals surface area (Å²) in [6.07, 6.45) is 8.65. The normalized spacial score (nSPS) is 19.6. The second-order valence-electron chi connectivity index (χ2n) is 8.08. The van der Waals surface area contributed by atoms with Gasteiger partial charge in [-0.3, -0.25) is 4.99 Å². The molecule has 1 aromatic carbocycles. The Morgan fingerprint density at radius 2 is 2.13 bits per heavy atom. The first-order valence-electron chi connectivity index (χ1n) is 11.0. The number of imidazole rings is 1. The molecule has 1 saturated heterocycles. The lowest BCUT2D eigenvalue weighted by Crippen LogP contribution is -2.49. The number of likely N-dealkylation sites (tertiary alicyclic amines) is 1. The molecule has 8 heteroatoms. The minimum Gasteiger partial charge on any atom is -0.356 e. The van der Waals surface area contributed by atoms with Gasteiger partial charge in [-0.2, -0.15) is 4.98 Å². The van der Waals surface area contributed by atoms with E-state index in [9.17, 15) is 0 Å². The van der Waals surface area contributed by atoms with E-state index in [1.54, 1.807) is 0 Å². The van der Waals surface area contributed by atoms with Crippen molar-refractivity contribution >= 4 is 5.96 Å². The monoisotopic (exact) mass is 421 g/mol. The van der Waals surface area contributed by atoms with E-state index in [1.807, 2.05) is 38.6 Å². The van der Waals surface area contributed by atoms with Crippen molar-refractivity contribution in [3.05, 3.63) is 54.4 Å². The summed E-state index contributed by atoms with van der Waals surface area (Å²) in [7, 11) is 1.86. The van der Waals surface area contributed by atoms with Crippen molar-refractivity contribution in [2.24, 2.45) is 10.9 Å². The molecule has 1 N–H and O–H groups in total. The molecule has 2 aromatic heterocycles. The van der Waals surface area contributed by atoms with Crippen LogP contribution in [-0.2, 0) is 12.8 Å². The topological polar surface area (TPSA) is 84.4 Å². The SMILES string of the molecule is CCc1noc(-c2ccc(CCNC(=NC)N3CCC(C)C(n4ccnc4)C3)cc2)n1. The molecule has 4 rings (SSSR count). The molecule has 2 unspecified atom stereocenters. The molecular weight excluding hydrogens is 390 g/mol. The summed E-state index contributed by atoms with van der Waals surface area (Å²) in [4.78, 5) is 15.5. The number of guanidine groups is 1. The summed E-state index contributed by atoms with van der Waals surface area (Å²) in [5.41, 5.74) is 2.21. The van der Waals surface area contributed by atoms with Gasteiger partial charge in [0, 0.05) is 51.1 Å². The molecule has 0 amide bonds. The van der Waals surface area contributed by atoms with Crippen LogP contribution >= 0.6 is 0 Å². The third-order valence-corrected chi connectivity index (χ3v) is 6.02. The molecule has 0 radical (unpaired) electrons. The largest absolute Gasteiger partial charge is 0.356 e. The van der Waals surface area contributed by atoms with Gasteiger partial charge < -0.3 is 19.3 Å². The van der Waals surface area contributed by atoms with Crippen LogP contribution < -0.4 is 5.32 Å². The van der Waals surface area contributed by atoms with E-state index in [4.69, 9.17) is 4.52 Å². The zero-order valence-corrected chi connectivity index (χ0v) is 18.5. The Morgan fingerprint density at radius 1 is 1.29 bits per heavy atom. The number of hydrogen-bond acceptors (Lipinski definition) is 5. The number of aliphatic imine (C=N–C) groups is 1. The summed E-state index contributed by atoms with van der Waals surface area (Å²) in [5, 5.41) is 7.50. The van der Waals surface area contributed by atoms with Gasteiger partial charge in [0.05, 0.1) is 12.4 Å². The minimum absolute atomic E-state index is 0.417. The maximum absolute atomic E-state index is 5.32. The van der Waals surface area contributed by atoms with Crippen LogP contribution in [-0.4, -0.2) is 57.2 Å². The maximum atomic E-state index is 5.32. The quantitative estimate of drug-likeness (QED) is 0.486. The van der Waals surface area contributed by atoms with Crippen LogP contribution in [0.1, 0.15) is 37.7 Å². The van der Waals surface area contributed by atoms with Gasteiger partial charge in [-0.1, -0.05) is 31.1 Å². The molecule has 0 bridgehead atoms. The van der Waals surface area contributed by atoms with Crippen LogP contribution in [0.4, 0.5) is 0 Å². The molecule has 164 valence electrons. The van der Waals surface area contributed by atoms with E-state index < -0.39 is 0 Å². The predicted octanol–water partition coefficient (Wildman–Crippen LogP) is 3.20. The molecule has 2 atom stereocenters. The number of aromatic nitrogens is 4. The summed E-state index contributed by atoms with van der Waals surface area (Å²) in [6.45, 7) is 7.12. The van der Waals surface area contributed by atoms with Crippen LogP contribution in [0.2, 0.25) is 0 Å². The van der Waals surface area contributed by atoms with Crippen molar-refractivity contribution in [2.75, 3.05) is 26.7 Å². The molecule has 8 nitrogen and oxygen atoms in total. The summed E-state index contributed by atoms with van der Waals surface area (Å²) >= 11 is 0. The number of nitrogens with zero attached hydrogens (tertiary/aromatic N) is 6. The van der Waals surface area contributed by atoms with Gasteiger partial charge in [0.15, 0.2) is 11.8 Å². The average Bonchev–Trinajstić information content (AvgIpc) is 3.50. The Hall–Kier alpha value is -3.16. The standard InChI is InChI=1S/C23H31N7O/c1-4-21-27-22(31-28-21)19-7-5-18(6-8-19)9-11-26-23(24-3)29-13-10-17(2)20(15-29)30-14-12-25-16-30/h5-8,12,14,16-17,20H,4,9-11,13,15H2,1-3H3,(H,24,26). The number of aryl methyl sites for hydroxylation is 1. The predicted molar refractivity (Wildman–Crippen MR) is 121 cm³/mol. The van der Waals surface area contributed by atoms with Gasteiger partial charge in [0.25, 0.3) is 5.89 Å². The fraction of sp³-hybridized carbons (Fsp3) is 0.478. The zero-order valence-electron chi connectivity index (χ0n) is 18.5. The van der Waals surface area contributed by atoms with Crippen molar-refractivity contribution in [1.82, 2.24) is 29.9 Å². The lowest BCUT2D eigenvalue weighted by Gasteiger charge is -2.39. The van der Waals surface area contributed by atoms with Gasteiger partial charge in [-0.05, 0) is 36.5 Å². The van der Waals surface area contributed by atoms with Gasteiger partial charge >= 0.3 is 0 Å². The fourth-order valence-electron chi connectivity index (χ4n) is 4.07. The third-order valence-electron chi connectivity index (χ3n) is 6.02. The Bertz CT molecular complexity index is 978. The highest BCUT2D eigenvalue weighted by Gasteiger charge is 2.28. The second kappa shape index (κ2) is 9.76. The first-order valence-corrected chi connectivity index (χ1v) is 11.0. The van der Waals surface area contributed by atoms with Crippen molar-refractivity contribution in [1.29, 1.82) is 0 Å². The van der Waals surface area contributed by atoms with Gasteiger partial charge in [-0.15, -0.1) is 0 Å². The van der Waals surface area contributed by atoms with Crippen LogP contribution in [0, 0.1) is 5.92 Å². The van der Waals surface area contributed by atoms with E-state index in [2.05, 4.69) is 60.2 Å². The van der Waals surface area contributed by atoms with Gasteiger partial charge in [0.2, 0.25) is 0 Å². The smallest absolute Gasteiger partial charge is 0.257 e. The van der Waals surface area contributed by atoms with Crippen molar-refractivity contribution in [2.45, 2.75) is 39.2 Å². The number of nitrogens with one attached hydrogen (secondary N) is 1. The molecule has 31 heavy (non-hydrogen) atoms. The highest BCUT2D eigenvalue weighted by atomic mass is 16.5. The van der Waals surface area contributed by atoms with Crippen molar-refractivity contribution < 1.29 is 4.52 Å². The Kier molecular flexibility index (Phi) is 6.64. The lowest BCUT2D eigenvalue weighted by atomic mass is 9.93. The second-order valence-corrected chi connectivity index (χ2v) is 8.08. The lowest BCUT2D eigenvalue weighted by molar-refractivity contribution is 0.189. The van der Waals surface area contributed by atoms with Crippen LogP contribution in [0.3, 0.4) is 0 Å². The first kappa shape index (κ1) is 21.1. The third kappa shape index (κ3) is 4.95. The summed E-state index contributed by atoms with van der Waals surface area (Å²) in [6, 6.07) is 8.73. The van der Waals surface area contributed by atoms with Crippen molar-refractivity contribution in [3.8, 4) is 11.5 Å². The van der Waals surface area contributed by atoms with Gasteiger partial charge in [0.1, 0.15) is 0 Å².